The molecule has 0 N–H and O–H groups in total. The Morgan fingerprint density at radius 2 is 1.38 bits per heavy atom. The van der Waals surface area contributed by atoms with Crippen molar-refractivity contribution in [1.82, 2.24) is 0 Å². The van der Waals surface area contributed by atoms with E-state index in [0.29, 0.717) is 13.1 Å². The van der Waals surface area contributed by atoms with Crippen LogP contribution in [0.15, 0.2) is 84.9 Å². The topological polar surface area (TPSA) is 49.9 Å². The molecule has 1 atom stereocenters. The molecule has 5 nitrogen and oxygen atoms in total. The first-order chi connectivity index (χ1) is 15.5. The lowest BCUT2D eigenvalue weighted by Crippen LogP contribution is -2.42. The Balaban J connectivity index is 1.90. The van der Waals surface area contributed by atoms with Crippen LogP contribution in [-0.4, -0.2) is 26.0 Å². The maximum absolute atomic E-state index is 15.4. The zero-order valence-corrected chi connectivity index (χ0v) is 19.4. The van der Waals surface area contributed by atoms with Crippen molar-refractivity contribution in [3.63, 3.8) is 0 Å². The highest BCUT2D eigenvalue weighted by atomic mass is 31.2. The molecular formula is C26H29N2O3P. The van der Waals surface area contributed by atoms with E-state index in [4.69, 9.17) is 4.74 Å². The van der Waals surface area contributed by atoms with Crippen LogP contribution in [0.25, 0.3) is 0 Å². The maximum Gasteiger partial charge on any atom is 0.270 e. The standard InChI is InChI=1S/C26H29N2O3P/c1-21(29)20-26(22-14-16-25(31-2)17-15-22)32(30)27(23-10-5-3-6-11-23)18-9-19-28(32)24-12-7-4-8-13-24/h3-8,10-17,26H,9,18-20H2,1-2H3. The first-order valence-corrected chi connectivity index (χ1v) is 12.6. The summed E-state index contributed by atoms with van der Waals surface area (Å²) in [6, 6.07) is 27.4. The normalized spacial score (nSPS) is 16.4. The Morgan fingerprint density at radius 1 is 0.875 bits per heavy atom. The van der Waals surface area contributed by atoms with Gasteiger partial charge in [0.25, 0.3) is 7.44 Å². The summed E-state index contributed by atoms with van der Waals surface area (Å²) < 4.78 is 24.8. The molecule has 1 saturated heterocycles. The predicted molar refractivity (Wildman–Crippen MR) is 131 cm³/mol. The number of anilines is 2. The smallest absolute Gasteiger partial charge is 0.270 e. The first kappa shape index (κ1) is 22.2. The van der Waals surface area contributed by atoms with Crippen molar-refractivity contribution in [3.8, 4) is 5.75 Å². The molecule has 0 amide bonds. The molecular weight excluding hydrogens is 419 g/mol. The average molecular weight is 449 g/mol. The number of carbonyl (C=O) groups excluding carboxylic acids is 1. The molecule has 0 bridgehead atoms. The van der Waals surface area contributed by atoms with Crippen LogP contribution < -0.4 is 14.1 Å². The lowest BCUT2D eigenvalue weighted by atomic mass is 10.1. The van der Waals surface area contributed by atoms with Gasteiger partial charge < -0.3 is 14.1 Å². The van der Waals surface area contributed by atoms with Crippen molar-refractivity contribution in [2.45, 2.75) is 25.4 Å². The molecule has 166 valence electrons. The van der Waals surface area contributed by atoms with E-state index in [9.17, 15) is 4.79 Å². The Labute approximate surface area is 190 Å². The van der Waals surface area contributed by atoms with E-state index >= 15 is 4.57 Å². The third-order valence-electron chi connectivity index (χ3n) is 5.93. The highest BCUT2D eigenvalue weighted by Gasteiger charge is 2.48. The molecule has 1 heterocycles. The molecule has 0 saturated carbocycles. The molecule has 1 fully saturated rings. The maximum atomic E-state index is 15.4. The zero-order valence-electron chi connectivity index (χ0n) is 18.6. The number of ether oxygens (including phenoxy) is 1. The molecule has 32 heavy (non-hydrogen) atoms. The fourth-order valence-electron chi connectivity index (χ4n) is 4.44. The lowest BCUT2D eigenvalue weighted by molar-refractivity contribution is -0.117. The molecule has 1 aliphatic rings. The number of nitrogens with zero attached hydrogens (tertiary/aromatic N) is 2. The molecule has 6 heteroatoms. The van der Waals surface area contributed by atoms with Crippen LogP contribution in [0.4, 0.5) is 11.4 Å². The number of ketones is 1. The Hall–Kier alpha value is -3.04. The van der Waals surface area contributed by atoms with Gasteiger partial charge in [-0.05, 0) is 55.3 Å². The molecule has 3 aromatic rings. The highest BCUT2D eigenvalue weighted by molar-refractivity contribution is 7.67. The van der Waals surface area contributed by atoms with Crippen molar-refractivity contribution in [3.05, 3.63) is 90.5 Å². The van der Waals surface area contributed by atoms with Crippen molar-refractivity contribution < 1.29 is 14.1 Å². The highest BCUT2D eigenvalue weighted by Crippen LogP contribution is 2.69. The van der Waals surface area contributed by atoms with Crippen LogP contribution in [0.5, 0.6) is 5.75 Å². The van der Waals surface area contributed by atoms with Gasteiger partial charge in [-0.2, -0.15) is 0 Å². The molecule has 0 aliphatic carbocycles. The van der Waals surface area contributed by atoms with Crippen molar-refractivity contribution in [2.75, 3.05) is 29.5 Å². The number of para-hydroxylation sites is 2. The van der Waals surface area contributed by atoms with Gasteiger partial charge in [-0.25, -0.2) is 0 Å². The molecule has 1 unspecified atom stereocenters. The predicted octanol–water partition coefficient (Wildman–Crippen LogP) is 6.33. The molecule has 0 aromatic heterocycles. The second-order valence-electron chi connectivity index (χ2n) is 8.06. The molecule has 1 aliphatic heterocycles. The summed E-state index contributed by atoms with van der Waals surface area (Å²) >= 11 is 0. The Morgan fingerprint density at radius 3 is 1.81 bits per heavy atom. The fraction of sp³-hybridized carbons (Fsp3) is 0.269. The Bertz CT molecular complexity index is 1040. The lowest BCUT2D eigenvalue weighted by Gasteiger charge is -2.49. The van der Waals surface area contributed by atoms with Crippen LogP contribution >= 0.6 is 7.44 Å². The minimum atomic E-state index is -3.28. The number of hydrogen-bond acceptors (Lipinski definition) is 3. The van der Waals surface area contributed by atoms with Crippen LogP contribution in [0.1, 0.15) is 31.0 Å². The minimum Gasteiger partial charge on any atom is -0.497 e. The van der Waals surface area contributed by atoms with Crippen LogP contribution in [0.2, 0.25) is 0 Å². The number of hydrogen-bond donors (Lipinski definition) is 0. The van der Waals surface area contributed by atoms with E-state index in [-0.39, 0.29) is 12.2 Å². The van der Waals surface area contributed by atoms with E-state index in [2.05, 4.69) is 0 Å². The van der Waals surface area contributed by atoms with Gasteiger partial charge in [0.2, 0.25) is 0 Å². The summed E-state index contributed by atoms with van der Waals surface area (Å²) in [6.07, 6.45) is 1.08. The van der Waals surface area contributed by atoms with E-state index < -0.39 is 13.1 Å². The van der Waals surface area contributed by atoms with Crippen molar-refractivity contribution in [2.24, 2.45) is 0 Å². The summed E-state index contributed by atoms with van der Waals surface area (Å²) in [6.45, 7) is 2.93. The van der Waals surface area contributed by atoms with Gasteiger partial charge >= 0.3 is 0 Å². The van der Waals surface area contributed by atoms with Crippen molar-refractivity contribution >= 4 is 24.6 Å². The summed E-state index contributed by atoms with van der Waals surface area (Å²) in [4.78, 5) is 12.4. The van der Waals surface area contributed by atoms with Crippen LogP contribution in [-0.2, 0) is 9.36 Å². The number of methoxy groups -OCH3 is 1. The largest absolute Gasteiger partial charge is 0.497 e. The number of benzene rings is 3. The summed E-state index contributed by atoms with van der Waals surface area (Å²) in [7, 11) is -1.66. The minimum absolute atomic E-state index is 0.0210. The van der Waals surface area contributed by atoms with Gasteiger partial charge in [-0.1, -0.05) is 48.5 Å². The molecule has 0 spiro atoms. The number of rotatable bonds is 7. The van der Waals surface area contributed by atoms with Gasteiger partial charge in [0.15, 0.2) is 0 Å². The zero-order chi connectivity index (χ0) is 22.6. The molecule has 4 rings (SSSR count). The van der Waals surface area contributed by atoms with Gasteiger partial charge in [0.1, 0.15) is 11.5 Å². The summed E-state index contributed by atoms with van der Waals surface area (Å²) in [5.74, 6) is 0.754. The summed E-state index contributed by atoms with van der Waals surface area (Å²) in [5.41, 5.74) is 2.25. The van der Waals surface area contributed by atoms with Crippen molar-refractivity contribution in [1.29, 1.82) is 0 Å². The monoisotopic (exact) mass is 448 g/mol. The Kier molecular flexibility index (Phi) is 6.66. The second kappa shape index (κ2) is 9.62. The van der Waals surface area contributed by atoms with Crippen LogP contribution in [0, 0.1) is 0 Å². The number of carbonyl (C=O) groups is 1. The third kappa shape index (κ3) is 4.31. The quantitative estimate of drug-likeness (QED) is 0.396. The average Bonchev–Trinajstić information content (AvgIpc) is 2.83. The number of Topliss-reactive ketones (excluding diaryl/α,β-unsaturated/α-hetero) is 1. The van der Waals surface area contributed by atoms with E-state index in [1.165, 1.54) is 0 Å². The van der Waals surface area contributed by atoms with Gasteiger partial charge in [-0.15, -0.1) is 0 Å². The SMILES string of the molecule is COc1ccc(C(CC(C)=O)P2(=O)N(c3ccccc3)CCCN2c2ccccc2)cc1. The van der Waals surface area contributed by atoms with Gasteiger partial charge in [0.05, 0.1) is 12.8 Å². The van der Waals surface area contributed by atoms with Crippen LogP contribution in [0.3, 0.4) is 0 Å². The molecule has 0 radical (unpaired) electrons. The first-order valence-electron chi connectivity index (χ1n) is 10.9. The van der Waals surface area contributed by atoms with E-state index in [1.807, 2.05) is 94.3 Å². The van der Waals surface area contributed by atoms with E-state index in [0.717, 1.165) is 29.1 Å². The molecule has 3 aromatic carbocycles. The van der Waals surface area contributed by atoms with Gasteiger partial charge in [-0.3, -0.25) is 9.36 Å². The fourth-order valence-corrected chi connectivity index (χ4v) is 8.22. The second-order valence-corrected chi connectivity index (χ2v) is 10.8. The van der Waals surface area contributed by atoms with Gasteiger partial charge in [0, 0.05) is 30.9 Å². The van der Waals surface area contributed by atoms with E-state index in [1.54, 1.807) is 14.0 Å². The summed E-state index contributed by atoms with van der Waals surface area (Å²) in [5, 5.41) is 0. The third-order valence-corrected chi connectivity index (χ3v) is 9.47.